The number of nitriles is 1. The fourth-order valence-electron chi connectivity index (χ4n) is 1.70. The number of ether oxygens (including phenoxy) is 1. The summed E-state index contributed by atoms with van der Waals surface area (Å²) >= 11 is 0. The maximum atomic E-state index is 8.57. The molecule has 0 heterocycles. The zero-order chi connectivity index (χ0) is 8.97. The van der Waals surface area contributed by atoms with E-state index in [0.29, 0.717) is 12.1 Å². The number of nitrogens with zero attached hydrogens (tertiary/aromatic N) is 1. The standard InChI is InChI=1S/C9H16N2O/c1-7(6-10)11-8-3-4-9(5-8)12-2/h7-9,11H,3-5H2,1-2H3. The van der Waals surface area contributed by atoms with Gasteiger partial charge in [0.1, 0.15) is 0 Å². The van der Waals surface area contributed by atoms with E-state index in [0.717, 1.165) is 19.3 Å². The molecule has 1 fully saturated rings. The molecule has 0 amide bonds. The number of methoxy groups -OCH3 is 1. The predicted molar refractivity (Wildman–Crippen MR) is 46.6 cm³/mol. The summed E-state index contributed by atoms with van der Waals surface area (Å²) < 4.78 is 5.23. The highest BCUT2D eigenvalue weighted by Gasteiger charge is 2.24. The van der Waals surface area contributed by atoms with E-state index in [-0.39, 0.29) is 6.04 Å². The van der Waals surface area contributed by atoms with Crippen LogP contribution in [0, 0.1) is 11.3 Å². The molecule has 1 saturated carbocycles. The van der Waals surface area contributed by atoms with E-state index < -0.39 is 0 Å². The molecule has 1 N–H and O–H groups in total. The molecule has 0 bridgehead atoms. The van der Waals surface area contributed by atoms with E-state index in [4.69, 9.17) is 10.00 Å². The summed E-state index contributed by atoms with van der Waals surface area (Å²) in [5.74, 6) is 0. The smallest absolute Gasteiger partial charge is 0.0926 e. The molecule has 1 rings (SSSR count). The molecule has 3 atom stereocenters. The van der Waals surface area contributed by atoms with Gasteiger partial charge in [-0.1, -0.05) is 0 Å². The Balaban J connectivity index is 2.24. The van der Waals surface area contributed by atoms with Crippen molar-refractivity contribution in [1.29, 1.82) is 5.26 Å². The van der Waals surface area contributed by atoms with E-state index >= 15 is 0 Å². The van der Waals surface area contributed by atoms with Crippen molar-refractivity contribution in [3.05, 3.63) is 0 Å². The van der Waals surface area contributed by atoms with E-state index in [1.165, 1.54) is 0 Å². The van der Waals surface area contributed by atoms with Crippen molar-refractivity contribution in [2.75, 3.05) is 7.11 Å². The van der Waals surface area contributed by atoms with Gasteiger partial charge < -0.3 is 4.74 Å². The minimum absolute atomic E-state index is 0.0365. The first-order chi connectivity index (χ1) is 5.76. The molecule has 3 unspecified atom stereocenters. The van der Waals surface area contributed by atoms with Crippen LogP contribution in [-0.4, -0.2) is 25.3 Å². The van der Waals surface area contributed by atoms with Crippen molar-refractivity contribution in [3.8, 4) is 6.07 Å². The summed E-state index contributed by atoms with van der Waals surface area (Å²) in [5, 5.41) is 11.8. The van der Waals surface area contributed by atoms with Crippen LogP contribution in [0.5, 0.6) is 0 Å². The average molecular weight is 168 g/mol. The summed E-state index contributed by atoms with van der Waals surface area (Å²) in [7, 11) is 1.75. The van der Waals surface area contributed by atoms with Gasteiger partial charge in [0.2, 0.25) is 0 Å². The van der Waals surface area contributed by atoms with E-state index in [1.807, 2.05) is 6.92 Å². The maximum Gasteiger partial charge on any atom is 0.0926 e. The van der Waals surface area contributed by atoms with Gasteiger partial charge in [0.15, 0.2) is 0 Å². The van der Waals surface area contributed by atoms with Crippen molar-refractivity contribution >= 4 is 0 Å². The van der Waals surface area contributed by atoms with Gasteiger partial charge in [-0.25, -0.2) is 0 Å². The lowest BCUT2D eigenvalue weighted by molar-refractivity contribution is 0.107. The molecule has 1 aliphatic rings. The Morgan fingerprint density at radius 3 is 2.83 bits per heavy atom. The Kier molecular flexibility index (Phi) is 3.51. The SMILES string of the molecule is COC1CCC(NC(C)C#N)C1. The molecule has 0 aromatic carbocycles. The van der Waals surface area contributed by atoms with Crippen LogP contribution in [0.4, 0.5) is 0 Å². The average Bonchev–Trinajstić information content (AvgIpc) is 2.52. The first-order valence-corrected chi connectivity index (χ1v) is 4.44. The minimum atomic E-state index is -0.0365. The van der Waals surface area contributed by atoms with Gasteiger partial charge in [0.05, 0.1) is 18.2 Å². The number of hydrogen-bond acceptors (Lipinski definition) is 3. The molecule has 68 valence electrons. The second kappa shape index (κ2) is 4.44. The summed E-state index contributed by atoms with van der Waals surface area (Å²) in [6.07, 6.45) is 3.69. The highest BCUT2D eigenvalue weighted by Crippen LogP contribution is 2.21. The molecular weight excluding hydrogens is 152 g/mol. The molecular formula is C9H16N2O. The summed E-state index contributed by atoms with van der Waals surface area (Å²) in [5.41, 5.74) is 0. The highest BCUT2D eigenvalue weighted by molar-refractivity contribution is 4.91. The van der Waals surface area contributed by atoms with Crippen molar-refractivity contribution < 1.29 is 4.74 Å². The largest absolute Gasteiger partial charge is 0.381 e. The lowest BCUT2D eigenvalue weighted by Gasteiger charge is -2.13. The zero-order valence-corrected chi connectivity index (χ0v) is 7.71. The molecule has 0 radical (unpaired) electrons. The molecule has 0 aromatic heterocycles. The third-order valence-corrected chi connectivity index (χ3v) is 2.40. The Morgan fingerprint density at radius 1 is 1.58 bits per heavy atom. The molecule has 12 heavy (non-hydrogen) atoms. The van der Waals surface area contributed by atoms with Crippen LogP contribution in [0.2, 0.25) is 0 Å². The van der Waals surface area contributed by atoms with E-state index in [2.05, 4.69) is 11.4 Å². The second-order valence-electron chi connectivity index (χ2n) is 3.39. The monoisotopic (exact) mass is 168 g/mol. The van der Waals surface area contributed by atoms with Crippen LogP contribution < -0.4 is 5.32 Å². The first-order valence-electron chi connectivity index (χ1n) is 4.44. The van der Waals surface area contributed by atoms with Crippen LogP contribution in [0.3, 0.4) is 0 Å². The minimum Gasteiger partial charge on any atom is -0.381 e. The molecule has 3 nitrogen and oxygen atoms in total. The van der Waals surface area contributed by atoms with Crippen LogP contribution in [0.25, 0.3) is 0 Å². The molecule has 0 aliphatic heterocycles. The summed E-state index contributed by atoms with van der Waals surface area (Å²) in [6.45, 7) is 1.89. The lowest BCUT2D eigenvalue weighted by atomic mass is 10.2. The quantitative estimate of drug-likeness (QED) is 0.685. The third-order valence-electron chi connectivity index (χ3n) is 2.40. The Labute approximate surface area is 73.7 Å². The van der Waals surface area contributed by atoms with Crippen LogP contribution in [-0.2, 0) is 4.74 Å². The van der Waals surface area contributed by atoms with E-state index in [1.54, 1.807) is 7.11 Å². The summed E-state index contributed by atoms with van der Waals surface area (Å²) in [6, 6.07) is 2.61. The fraction of sp³-hybridized carbons (Fsp3) is 0.889. The van der Waals surface area contributed by atoms with Gasteiger partial charge in [0.25, 0.3) is 0 Å². The van der Waals surface area contributed by atoms with Crippen molar-refractivity contribution in [2.45, 2.75) is 44.4 Å². The van der Waals surface area contributed by atoms with Crippen LogP contribution in [0.15, 0.2) is 0 Å². The Bertz CT molecular complexity index is 176. The molecule has 0 spiro atoms. The molecule has 0 aromatic rings. The maximum absolute atomic E-state index is 8.57. The van der Waals surface area contributed by atoms with Gasteiger partial charge in [-0.2, -0.15) is 5.26 Å². The Hall–Kier alpha value is -0.590. The first kappa shape index (κ1) is 9.50. The zero-order valence-electron chi connectivity index (χ0n) is 7.71. The van der Waals surface area contributed by atoms with Gasteiger partial charge in [-0.15, -0.1) is 0 Å². The second-order valence-corrected chi connectivity index (χ2v) is 3.39. The van der Waals surface area contributed by atoms with Gasteiger partial charge in [-0.05, 0) is 26.2 Å². The topological polar surface area (TPSA) is 45.0 Å². The van der Waals surface area contributed by atoms with Gasteiger partial charge >= 0.3 is 0 Å². The number of nitrogens with one attached hydrogen (secondary N) is 1. The van der Waals surface area contributed by atoms with Crippen molar-refractivity contribution in [3.63, 3.8) is 0 Å². The van der Waals surface area contributed by atoms with Crippen molar-refractivity contribution in [2.24, 2.45) is 0 Å². The predicted octanol–water partition coefficient (Wildman–Crippen LogP) is 1.06. The van der Waals surface area contributed by atoms with Crippen molar-refractivity contribution in [1.82, 2.24) is 5.32 Å². The van der Waals surface area contributed by atoms with Crippen LogP contribution >= 0.6 is 0 Å². The lowest BCUT2D eigenvalue weighted by Crippen LogP contribution is -2.34. The number of rotatable bonds is 3. The number of hydrogen-bond donors (Lipinski definition) is 1. The third kappa shape index (κ3) is 2.47. The Morgan fingerprint density at radius 2 is 2.33 bits per heavy atom. The van der Waals surface area contributed by atoms with Crippen LogP contribution in [0.1, 0.15) is 26.2 Å². The van der Waals surface area contributed by atoms with Gasteiger partial charge in [-0.3, -0.25) is 5.32 Å². The van der Waals surface area contributed by atoms with Gasteiger partial charge in [0, 0.05) is 13.2 Å². The van der Waals surface area contributed by atoms with E-state index in [9.17, 15) is 0 Å². The fourth-order valence-corrected chi connectivity index (χ4v) is 1.70. The normalized spacial score (nSPS) is 31.4. The highest BCUT2D eigenvalue weighted by atomic mass is 16.5. The summed E-state index contributed by atoms with van der Waals surface area (Å²) in [4.78, 5) is 0. The molecule has 0 saturated heterocycles. The molecule has 1 aliphatic carbocycles. The molecule has 3 heteroatoms.